The summed E-state index contributed by atoms with van der Waals surface area (Å²) in [6.45, 7) is 8.85. The van der Waals surface area contributed by atoms with Crippen molar-refractivity contribution in [1.82, 2.24) is 9.61 Å². The Labute approximate surface area is 90.9 Å². The Hall–Kier alpha value is -1.31. The molecule has 0 fully saturated rings. The van der Waals surface area contributed by atoms with E-state index in [-0.39, 0.29) is 0 Å². The molecule has 0 aromatic carbocycles. The van der Waals surface area contributed by atoms with Crippen molar-refractivity contribution in [3.8, 4) is 0 Å². The van der Waals surface area contributed by atoms with Crippen LogP contribution in [0.2, 0.25) is 0 Å². The maximum atomic E-state index is 4.36. The molecule has 80 valence electrons. The molecule has 2 heteroatoms. The third-order valence-electron chi connectivity index (χ3n) is 2.86. The smallest absolute Gasteiger partial charge is 0.0698 e. The highest BCUT2D eigenvalue weighted by Gasteiger charge is 2.09. The molecule has 0 spiro atoms. The molecule has 2 heterocycles. The molecular formula is C13H18N2. The first-order chi connectivity index (χ1) is 7.09. The second-order valence-corrected chi connectivity index (χ2v) is 4.70. The average Bonchev–Trinajstić information content (AvgIpc) is 2.59. The highest BCUT2D eigenvalue weighted by Crippen LogP contribution is 2.23. The van der Waals surface area contributed by atoms with Gasteiger partial charge in [-0.3, -0.25) is 0 Å². The first-order valence-electron chi connectivity index (χ1n) is 5.56. The molecule has 0 amide bonds. The van der Waals surface area contributed by atoms with Gasteiger partial charge in [-0.2, -0.15) is 5.10 Å². The molecule has 15 heavy (non-hydrogen) atoms. The summed E-state index contributed by atoms with van der Waals surface area (Å²) < 4.78 is 1.96. The van der Waals surface area contributed by atoms with Gasteiger partial charge in [0.2, 0.25) is 0 Å². The van der Waals surface area contributed by atoms with Crippen LogP contribution in [0.15, 0.2) is 24.5 Å². The summed E-state index contributed by atoms with van der Waals surface area (Å²) in [6, 6.07) is 4.40. The van der Waals surface area contributed by atoms with Crippen molar-refractivity contribution in [3.05, 3.63) is 35.7 Å². The number of fused-ring (bicyclic) bond motifs is 1. The summed E-state index contributed by atoms with van der Waals surface area (Å²) in [5.74, 6) is 1.11. The molecule has 0 bridgehead atoms. The second kappa shape index (κ2) is 3.69. The van der Waals surface area contributed by atoms with Crippen molar-refractivity contribution in [1.29, 1.82) is 0 Å². The zero-order valence-corrected chi connectivity index (χ0v) is 9.86. The highest BCUT2D eigenvalue weighted by atomic mass is 15.2. The highest BCUT2D eigenvalue weighted by molar-refractivity contribution is 5.56. The van der Waals surface area contributed by atoms with Gasteiger partial charge in [0.15, 0.2) is 0 Å². The Morgan fingerprint density at radius 1 is 1.13 bits per heavy atom. The molecular weight excluding hydrogens is 184 g/mol. The Balaban J connectivity index is 2.61. The normalized spacial score (nSPS) is 11.9. The standard InChI is InChI=1S/C13H18N2/c1-9(2)11-5-6-15-13(7-11)12(8-14-15)10(3)4/h5-10H,1-4H3. The lowest BCUT2D eigenvalue weighted by Crippen LogP contribution is -1.93. The van der Waals surface area contributed by atoms with Crippen LogP contribution in [0.3, 0.4) is 0 Å². The predicted octanol–water partition coefficient (Wildman–Crippen LogP) is 3.58. The molecule has 0 atom stereocenters. The summed E-state index contributed by atoms with van der Waals surface area (Å²) >= 11 is 0. The summed E-state index contributed by atoms with van der Waals surface area (Å²) in [4.78, 5) is 0. The molecule has 0 radical (unpaired) electrons. The quantitative estimate of drug-likeness (QED) is 0.727. The molecule has 0 saturated carbocycles. The fourth-order valence-corrected chi connectivity index (χ4v) is 1.82. The number of hydrogen-bond acceptors (Lipinski definition) is 1. The van der Waals surface area contributed by atoms with Crippen LogP contribution in [-0.4, -0.2) is 9.61 Å². The van der Waals surface area contributed by atoms with Crippen LogP contribution in [-0.2, 0) is 0 Å². The van der Waals surface area contributed by atoms with Crippen LogP contribution in [0, 0.1) is 0 Å². The Morgan fingerprint density at radius 3 is 2.47 bits per heavy atom. The zero-order valence-electron chi connectivity index (χ0n) is 9.86. The van der Waals surface area contributed by atoms with Crippen LogP contribution in [0.4, 0.5) is 0 Å². The SMILES string of the molecule is CC(C)c1ccn2ncc(C(C)C)c2c1. The molecule has 0 aliphatic heterocycles. The van der Waals surface area contributed by atoms with Crippen molar-refractivity contribution < 1.29 is 0 Å². The topological polar surface area (TPSA) is 17.3 Å². The first-order valence-corrected chi connectivity index (χ1v) is 5.56. The van der Waals surface area contributed by atoms with Gasteiger partial charge in [0.1, 0.15) is 0 Å². The van der Waals surface area contributed by atoms with E-state index in [1.165, 1.54) is 16.6 Å². The van der Waals surface area contributed by atoms with Gasteiger partial charge in [-0.05, 0) is 29.5 Å². The Kier molecular flexibility index (Phi) is 2.51. The average molecular weight is 202 g/mol. The minimum absolute atomic E-state index is 0.532. The zero-order chi connectivity index (χ0) is 11.0. The van der Waals surface area contributed by atoms with Gasteiger partial charge in [0, 0.05) is 11.8 Å². The summed E-state index contributed by atoms with van der Waals surface area (Å²) in [5, 5.41) is 4.36. The Morgan fingerprint density at radius 2 is 1.87 bits per heavy atom. The molecule has 0 saturated heterocycles. The number of rotatable bonds is 2. The number of pyridine rings is 1. The van der Waals surface area contributed by atoms with E-state index in [0.717, 1.165) is 0 Å². The summed E-state index contributed by atoms with van der Waals surface area (Å²) in [7, 11) is 0. The van der Waals surface area contributed by atoms with Crippen LogP contribution < -0.4 is 0 Å². The fraction of sp³-hybridized carbons (Fsp3) is 0.462. The van der Waals surface area contributed by atoms with E-state index in [0.29, 0.717) is 11.8 Å². The molecule has 0 aliphatic rings. The van der Waals surface area contributed by atoms with Crippen molar-refractivity contribution in [2.75, 3.05) is 0 Å². The van der Waals surface area contributed by atoms with E-state index < -0.39 is 0 Å². The van der Waals surface area contributed by atoms with Gasteiger partial charge < -0.3 is 0 Å². The van der Waals surface area contributed by atoms with Crippen LogP contribution in [0.1, 0.15) is 50.7 Å². The third kappa shape index (κ3) is 1.76. The van der Waals surface area contributed by atoms with E-state index in [1.807, 2.05) is 10.7 Å². The van der Waals surface area contributed by atoms with Gasteiger partial charge in [-0.25, -0.2) is 4.52 Å². The van der Waals surface area contributed by atoms with Gasteiger partial charge in [0.05, 0.1) is 11.7 Å². The van der Waals surface area contributed by atoms with Crippen molar-refractivity contribution in [2.24, 2.45) is 0 Å². The number of hydrogen-bond donors (Lipinski definition) is 0. The van der Waals surface area contributed by atoms with Crippen molar-refractivity contribution in [3.63, 3.8) is 0 Å². The van der Waals surface area contributed by atoms with Crippen LogP contribution in [0.25, 0.3) is 5.52 Å². The first kappa shape index (κ1) is 10.2. The lowest BCUT2D eigenvalue weighted by molar-refractivity contribution is 0.852. The van der Waals surface area contributed by atoms with Crippen molar-refractivity contribution in [2.45, 2.75) is 39.5 Å². The van der Waals surface area contributed by atoms with E-state index >= 15 is 0 Å². The molecule has 0 unspecified atom stereocenters. The second-order valence-electron chi connectivity index (χ2n) is 4.70. The van der Waals surface area contributed by atoms with Gasteiger partial charge in [-0.15, -0.1) is 0 Å². The van der Waals surface area contributed by atoms with E-state index in [1.54, 1.807) is 0 Å². The lowest BCUT2D eigenvalue weighted by Gasteiger charge is -2.07. The number of aromatic nitrogens is 2. The molecule has 0 aliphatic carbocycles. The maximum Gasteiger partial charge on any atom is 0.0698 e. The minimum Gasteiger partial charge on any atom is -0.241 e. The fourth-order valence-electron chi connectivity index (χ4n) is 1.82. The Bertz CT molecular complexity index is 466. The van der Waals surface area contributed by atoms with E-state index in [9.17, 15) is 0 Å². The third-order valence-corrected chi connectivity index (χ3v) is 2.86. The monoisotopic (exact) mass is 202 g/mol. The van der Waals surface area contributed by atoms with E-state index in [2.05, 4.69) is 51.1 Å². The van der Waals surface area contributed by atoms with Crippen LogP contribution in [0.5, 0.6) is 0 Å². The minimum atomic E-state index is 0.532. The van der Waals surface area contributed by atoms with Gasteiger partial charge in [0.25, 0.3) is 0 Å². The molecule has 2 rings (SSSR count). The molecule has 0 N–H and O–H groups in total. The summed E-state index contributed by atoms with van der Waals surface area (Å²) in [6.07, 6.45) is 4.03. The van der Waals surface area contributed by atoms with Crippen molar-refractivity contribution >= 4 is 5.52 Å². The van der Waals surface area contributed by atoms with Gasteiger partial charge >= 0.3 is 0 Å². The van der Waals surface area contributed by atoms with E-state index in [4.69, 9.17) is 0 Å². The lowest BCUT2D eigenvalue weighted by atomic mass is 10.0. The van der Waals surface area contributed by atoms with Crippen LogP contribution >= 0.6 is 0 Å². The predicted molar refractivity (Wildman–Crippen MR) is 63.4 cm³/mol. The summed E-state index contributed by atoms with van der Waals surface area (Å²) in [5.41, 5.74) is 3.96. The molecule has 2 aromatic heterocycles. The number of nitrogens with zero attached hydrogens (tertiary/aromatic N) is 2. The largest absolute Gasteiger partial charge is 0.241 e. The van der Waals surface area contributed by atoms with Gasteiger partial charge in [-0.1, -0.05) is 27.7 Å². The molecule has 2 nitrogen and oxygen atoms in total. The maximum absolute atomic E-state index is 4.36. The molecule has 2 aromatic rings.